The van der Waals surface area contributed by atoms with Crippen molar-refractivity contribution in [1.82, 2.24) is 10.2 Å². The zero-order chi connectivity index (χ0) is 13.4. The molecule has 1 aliphatic rings. The van der Waals surface area contributed by atoms with Crippen LogP contribution in [0.25, 0.3) is 0 Å². The predicted molar refractivity (Wildman–Crippen MR) is 58.2 cm³/mol. The van der Waals surface area contributed by atoms with E-state index in [1.165, 1.54) is 0 Å². The first-order valence-electron chi connectivity index (χ1n) is 5.76. The zero-order valence-electron chi connectivity index (χ0n) is 10.6. The molecule has 1 amide bonds. The quantitative estimate of drug-likeness (QED) is 0.834. The van der Waals surface area contributed by atoms with Crippen molar-refractivity contribution in [2.75, 3.05) is 6.54 Å². The van der Waals surface area contributed by atoms with Gasteiger partial charge in [-0.25, -0.2) is 0 Å². The molecule has 0 saturated carbocycles. The molecule has 0 aromatic carbocycles. The van der Waals surface area contributed by atoms with Crippen LogP contribution in [0.15, 0.2) is 0 Å². The number of halogens is 3. The van der Waals surface area contributed by atoms with E-state index in [0.717, 1.165) is 4.90 Å². The second kappa shape index (κ2) is 4.48. The van der Waals surface area contributed by atoms with E-state index in [4.69, 9.17) is 0 Å². The summed E-state index contributed by atoms with van der Waals surface area (Å²) in [5.74, 6) is -0.522. The third kappa shape index (κ3) is 2.91. The summed E-state index contributed by atoms with van der Waals surface area (Å²) in [6.07, 6.45) is -4.43. The molecule has 2 atom stereocenters. The maximum Gasteiger partial charge on any atom is 0.406 e. The van der Waals surface area contributed by atoms with Crippen LogP contribution in [0.4, 0.5) is 13.2 Å². The number of amides is 1. The minimum atomic E-state index is -4.36. The van der Waals surface area contributed by atoms with Gasteiger partial charge < -0.3 is 4.90 Å². The Bertz CT molecular complexity index is 304. The third-order valence-corrected chi connectivity index (χ3v) is 3.22. The standard InChI is InChI=1S/C11H19F3N2O/c1-5-10(4)9(17)16(6-11(12,13)14)8(15-10)7(2)3/h7-8,15H,5-6H2,1-4H3. The monoisotopic (exact) mass is 252 g/mol. The fraction of sp³-hybridized carbons (Fsp3) is 0.909. The van der Waals surface area contributed by atoms with E-state index in [-0.39, 0.29) is 5.92 Å². The van der Waals surface area contributed by atoms with Gasteiger partial charge in [0.1, 0.15) is 6.54 Å². The van der Waals surface area contributed by atoms with E-state index >= 15 is 0 Å². The number of nitrogens with zero attached hydrogens (tertiary/aromatic N) is 1. The first kappa shape index (κ1) is 14.3. The molecular formula is C11H19F3N2O. The molecule has 0 radical (unpaired) electrons. The SMILES string of the molecule is CCC1(C)NC(C(C)C)N(CC(F)(F)F)C1=O. The van der Waals surface area contributed by atoms with Gasteiger partial charge in [-0.05, 0) is 19.3 Å². The van der Waals surface area contributed by atoms with Crippen molar-refractivity contribution in [2.24, 2.45) is 5.92 Å². The molecule has 2 unspecified atom stereocenters. The van der Waals surface area contributed by atoms with E-state index in [9.17, 15) is 18.0 Å². The Balaban J connectivity index is 2.95. The van der Waals surface area contributed by atoms with E-state index < -0.39 is 30.3 Å². The Kier molecular flexibility index (Phi) is 3.76. The molecule has 1 fully saturated rings. The lowest BCUT2D eigenvalue weighted by Crippen LogP contribution is -2.46. The van der Waals surface area contributed by atoms with Crippen molar-refractivity contribution in [1.29, 1.82) is 0 Å². The van der Waals surface area contributed by atoms with Gasteiger partial charge in [-0.3, -0.25) is 10.1 Å². The predicted octanol–water partition coefficient (Wildman–Crippen LogP) is 2.13. The fourth-order valence-electron chi connectivity index (χ4n) is 2.05. The van der Waals surface area contributed by atoms with Crippen LogP contribution in [0.2, 0.25) is 0 Å². The summed E-state index contributed by atoms with van der Waals surface area (Å²) in [6, 6.07) is 0. The van der Waals surface area contributed by atoms with E-state index in [1.54, 1.807) is 27.7 Å². The molecule has 1 N–H and O–H groups in total. The van der Waals surface area contributed by atoms with Gasteiger partial charge in [0.25, 0.3) is 0 Å². The maximum absolute atomic E-state index is 12.5. The van der Waals surface area contributed by atoms with Crippen molar-refractivity contribution in [3.8, 4) is 0 Å². The van der Waals surface area contributed by atoms with Crippen LogP contribution < -0.4 is 5.32 Å². The Morgan fingerprint density at radius 2 is 2.00 bits per heavy atom. The first-order chi connectivity index (χ1) is 7.60. The van der Waals surface area contributed by atoms with Gasteiger partial charge in [-0.15, -0.1) is 0 Å². The molecule has 6 heteroatoms. The lowest BCUT2D eigenvalue weighted by molar-refractivity contribution is -0.163. The summed E-state index contributed by atoms with van der Waals surface area (Å²) in [6.45, 7) is 5.86. The van der Waals surface area contributed by atoms with Crippen LogP contribution in [0, 0.1) is 5.92 Å². The van der Waals surface area contributed by atoms with Crippen molar-refractivity contribution in [3.63, 3.8) is 0 Å². The molecule has 17 heavy (non-hydrogen) atoms. The van der Waals surface area contributed by atoms with Crippen molar-refractivity contribution in [3.05, 3.63) is 0 Å². The average Bonchev–Trinajstić information content (AvgIpc) is 2.42. The second-order valence-corrected chi connectivity index (χ2v) is 5.07. The molecule has 0 bridgehead atoms. The normalized spacial score (nSPS) is 30.5. The molecule has 0 aliphatic carbocycles. The van der Waals surface area contributed by atoms with Gasteiger partial charge in [-0.1, -0.05) is 20.8 Å². The van der Waals surface area contributed by atoms with Crippen molar-refractivity contribution >= 4 is 5.91 Å². The smallest absolute Gasteiger partial charge is 0.316 e. The van der Waals surface area contributed by atoms with Gasteiger partial charge in [0, 0.05) is 0 Å². The summed E-state index contributed by atoms with van der Waals surface area (Å²) < 4.78 is 37.4. The fourth-order valence-corrected chi connectivity index (χ4v) is 2.05. The topological polar surface area (TPSA) is 32.3 Å². The Hall–Kier alpha value is -0.780. The molecule has 1 rings (SSSR count). The summed E-state index contributed by atoms with van der Waals surface area (Å²) in [5, 5.41) is 3.02. The number of hydrogen-bond acceptors (Lipinski definition) is 2. The minimum absolute atomic E-state index is 0.0605. The molecule has 1 heterocycles. The molecule has 1 aliphatic heterocycles. The van der Waals surface area contributed by atoms with E-state index in [0.29, 0.717) is 6.42 Å². The van der Waals surface area contributed by atoms with Gasteiger partial charge in [0.2, 0.25) is 5.91 Å². The summed E-state index contributed by atoms with van der Waals surface area (Å²) >= 11 is 0. The number of rotatable bonds is 3. The molecule has 0 aromatic heterocycles. The maximum atomic E-state index is 12.5. The Morgan fingerprint density at radius 3 is 2.35 bits per heavy atom. The van der Waals surface area contributed by atoms with Crippen molar-refractivity contribution < 1.29 is 18.0 Å². The highest BCUT2D eigenvalue weighted by Crippen LogP contribution is 2.30. The van der Waals surface area contributed by atoms with Gasteiger partial charge in [0.15, 0.2) is 0 Å². The highest BCUT2D eigenvalue weighted by Gasteiger charge is 2.50. The van der Waals surface area contributed by atoms with Crippen LogP contribution in [0.5, 0.6) is 0 Å². The Labute approximate surface area is 99.4 Å². The number of alkyl halides is 3. The zero-order valence-corrected chi connectivity index (χ0v) is 10.6. The number of carbonyl (C=O) groups excluding carboxylic acids is 1. The molecule has 100 valence electrons. The highest BCUT2D eigenvalue weighted by molar-refractivity contribution is 5.88. The second-order valence-electron chi connectivity index (χ2n) is 5.07. The lowest BCUT2D eigenvalue weighted by Gasteiger charge is -2.27. The number of hydrogen-bond donors (Lipinski definition) is 1. The van der Waals surface area contributed by atoms with E-state index in [2.05, 4.69) is 5.32 Å². The van der Waals surface area contributed by atoms with E-state index in [1.807, 2.05) is 0 Å². The van der Waals surface area contributed by atoms with Crippen molar-refractivity contribution in [2.45, 2.75) is 52.0 Å². The van der Waals surface area contributed by atoms with Gasteiger partial charge >= 0.3 is 6.18 Å². The van der Waals surface area contributed by atoms with Crippen LogP contribution in [0.1, 0.15) is 34.1 Å². The van der Waals surface area contributed by atoms with Crippen LogP contribution >= 0.6 is 0 Å². The minimum Gasteiger partial charge on any atom is -0.316 e. The van der Waals surface area contributed by atoms with Gasteiger partial charge in [0.05, 0.1) is 11.7 Å². The molecule has 0 spiro atoms. The molecule has 3 nitrogen and oxygen atoms in total. The average molecular weight is 252 g/mol. The number of nitrogens with one attached hydrogen (secondary N) is 1. The van der Waals surface area contributed by atoms with Crippen LogP contribution in [-0.2, 0) is 4.79 Å². The highest BCUT2D eigenvalue weighted by atomic mass is 19.4. The van der Waals surface area contributed by atoms with Gasteiger partial charge in [-0.2, -0.15) is 13.2 Å². The first-order valence-corrected chi connectivity index (χ1v) is 5.76. The molecule has 0 aromatic rings. The molecular weight excluding hydrogens is 233 g/mol. The summed E-state index contributed by atoms with van der Waals surface area (Å²) in [4.78, 5) is 12.9. The lowest BCUT2D eigenvalue weighted by atomic mass is 9.99. The number of carbonyl (C=O) groups is 1. The Morgan fingerprint density at radius 1 is 1.47 bits per heavy atom. The summed E-state index contributed by atoms with van der Waals surface area (Å²) in [7, 11) is 0. The third-order valence-electron chi connectivity index (χ3n) is 3.22. The molecule has 1 saturated heterocycles. The summed E-state index contributed by atoms with van der Waals surface area (Å²) in [5.41, 5.74) is -0.875. The van der Waals surface area contributed by atoms with Crippen LogP contribution in [0.3, 0.4) is 0 Å². The largest absolute Gasteiger partial charge is 0.406 e. The van der Waals surface area contributed by atoms with Crippen LogP contribution in [-0.4, -0.2) is 35.2 Å².